The van der Waals surface area contributed by atoms with E-state index in [1.807, 2.05) is 0 Å². The summed E-state index contributed by atoms with van der Waals surface area (Å²) in [5.41, 5.74) is 0.300. The van der Waals surface area contributed by atoms with Crippen molar-refractivity contribution >= 4 is 53.8 Å². The minimum absolute atomic E-state index is 0.0533. The lowest BCUT2D eigenvalue weighted by Gasteiger charge is -2.18. The van der Waals surface area contributed by atoms with Gasteiger partial charge in [0.2, 0.25) is 0 Å². The van der Waals surface area contributed by atoms with E-state index in [9.17, 15) is 9.90 Å². The van der Waals surface area contributed by atoms with Crippen LogP contribution in [-0.2, 0) is 9.53 Å². The number of aliphatic hydroxyl groups is 1. The fourth-order valence-corrected chi connectivity index (χ4v) is 2.56. The Morgan fingerprint density at radius 1 is 1.35 bits per heavy atom. The summed E-state index contributed by atoms with van der Waals surface area (Å²) in [5, 5.41) is 9.28. The van der Waals surface area contributed by atoms with Crippen molar-refractivity contribution in [1.29, 1.82) is 0 Å². The van der Waals surface area contributed by atoms with Crippen molar-refractivity contribution < 1.29 is 19.4 Å². The van der Waals surface area contributed by atoms with Crippen LogP contribution < -0.4 is 4.74 Å². The van der Waals surface area contributed by atoms with Gasteiger partial charge >= 0.3 is 5.97 Å². The largest absolute Gasteiger partial charge is 0.483 e. The van der Waals surface area contributed by atoms with Crippen LogP contribution in [0.1, 0.15) is 6.92 Å². The highest BCUT2D eigenvalue weighted by molar-refractivity contribution is 9.14. The highest BCUT2D eigenvalue weighted by Crippen LogP contribution is 2.38. The Hall–Kier alpha value is -0.370. The first-order valence-corrected chi connectivity index (χ1v) is 7.98. The smallest absolute Gasteiger partial charge is 0.333 e. The van der Waals surface area contributed by atoms with Crippen molar-refractivity contribution in [3.63, 3.8) is 0 Å². The van der Waals surface area contributed by atoms with Crippen molar-refractivity contribution in [2.75, 3.05) is 13.2 Å². The van der Waals surface area contributed by atoms with Gasteiger partial charge in [-0.15, -0.1) is 0 Å². The van der Waals surface area contributed by atoms with E-state index >= 15 is 0 Å². The average molecular weight is 473 g/mol. The van der Waals surface area contributed by atoms with Crippen molar-refractivity contribution in [2.45, 2.75) is 13.0 Å². The molecule has 0 saturated carbocycles. The molecular formula is C13H13Br3O4. The Bertz CT molecular complexity index is 517. The first kappa shape index (κ1) is 17.7. The Labute approximate surface area is 142 Å². The van der Waals surface area contributed by atoms with E-state index in [-0.39, 0.29) is 13.2 Å². The highest BCUT2D eigenvalue weighted by atomic mass is 79.9. The molecule has 0 aliphatic carbocycles. The van der Waals surface area contributed by atoms with E-state index < -0.39 is 12.1 Å². The van der Waals surface area contributed by atoms with Gasteiger partial charge in [-0.2, -0.15) is 0 Å². The standard InChI is InChI=1S/C13H13Br3O4/c1-7(2)13(18)19-6-8(5-17)20-10-4-3-9(14)11(15)12(10)16/h3-4,8,17H,1,5-6H2,2H3. The van der Waals surface area contributed by atoms with Crippen LogP contribution in [0.25, 0.3) is 0 Å². The van der Waals surface area contributed by atoms with Crippen LogP contribution in [0.2, 0.25) is 0 Å². The van der Waals surface area contributed by atoms with Gasteiger partial charge < -0.3 is 14.6 Å². The predicted molar refractivity (Wildman–Crippen MR) is 86.8 cm³/mol. The summed E-state index contributed by atoms with van der Waals surface area (Å²) in [6.07, 6.45) is -0.650. The molecule has 0 saturated heterocycles. The SMILES string of the molecule is C=C(C)C(=O)OCC(CO)Oc1ccc(Br)c(Br)c1Br. The fourth-order valence-electron chi connectivity index (χ4n) is 1.19. The summed E-state index contributed by atoms with van der Waals surface area (Å²) in [5.74, 6) is 0.0219. The molecule has 110 valence electrons. The van der Waals surface area contributed by atoms with Crippen molar-refractivity contribution in [3.8, 4) is 5.75 Å². The van der Waals surface area contributed by atoms with E-state index in [1.165, 1.54) is 0 Å². The number of rotatable bonds is 6. The summed E-state index contributed by atoms with van der Waals surface area (Å²) < 4.78 is 12.9. The van der Waals surface area contributed by atoms with E-state index in [4.69, 9.17) is 9.47 Å². The first-order chi connectivity index (χ1) is 9.36. The molecule has 7 heteroatoms. The summed E-state index contributed by atoms with van der Waals surface area (Å²) in [6.45, 7) is 4.71. The molecule has 0 spiro atoms. The third kappa shape index (κ3) is 4.87. The molecule has 0 amide bonds. The Morgan fingerprint density at radius 3 is 2.55 bits per heavy atom. The third-order valence-corrected chi connectivity index (χ3v) is 5.58. The van der Waals surface area contributed by atoms with E-state index in [2.05, 4.69) is 54.4 Å². The van der Waals surface area contributed by atoms with Gasteiger partial charge in [-0.05, 0) is 66.8 Å². The number of hydrogen-bond donors (Lipinski definition) is 1. The first-order valence-electron chi connectivity index (χ1n) is 5.60. The van der Waals surface area contributed by atoms with Crippen molar-refractivity contribution in [1.82, 2.24) is 0 Å². The normalized spacial score (nSPS) is 11.8. The number of aliphatic hydroxyl groups excluding tert-OH is 1. The lowest BCUT2D eigenvalue weighted by atomic mass is 10.3. The quantitative estimate of drug-likeness (QED) is 0.388. The maximum absolute atomic E-state index is 11.3. The lowest BCUT2D eigenvalue weighted by molar-refractivity contribution is -0.141. The number of halogens is 3. The summed E-state index contributed by atoms with van der Waals surface area (Å²) in [4.78, 5) is 11.3. The molecule has 0 aliphatic heterocycles. The van der Waals surface area contributed by atoms with Gasteiger partial charge in [0, 0.05) is 14.5 Å². The Balaban J connectivity index is 2.72. The molecule has 0 bridgehead atoms. The number of ether oxygens (including phenoxy) is 2. The third-order valence-electron chi connectivity index (χ3n) is 2.25. The number of carbonyl (C=O) groups excluding carboxylic acids is 1. The zero-order chi connectivity index (χ0) is 15.3. The minimum atomic E-state index is -0.650. The molecule has 1 rings (SSSR count). The maximum Gasteiger partial charge on any atom is 0.333 e. The second-order valence-corrected chi connectivity index (χ2v) is 6.42. The van der Waals surface area contributed by atoms with Crippen LogP contribution in [0.4, 0.5) is 0 Å². The molecular weight excluding hydrogens is 460 g/mol. The molecule has 1 unspecified atom stereocenters. The van der Waals surface area contributed by atoms with Gasteiger partial charge in [0.15, 0.2) is 6.10 Å². The molecule has 20 heavy (non-hydrogen) atoms. The molecule has 0 aromatic heterocycles. The number of hydrogen-bond acceptors (Lipinski definition) is 4. The van der Waals surface area contributed by atoms with Gasteiger partial charge in [-0.3, -0.25) is 0 Å². The van der Waals surface area contributed by atoms with Crippen LogP contribution in [0.15, 0.2) is 37.7 Å². The van der Waals surface area contributed by atoms with Gasteiger partial charge in [0.25, 0.3) is 0 Å². The zero-order valence-electron chi connectivity index (χ0n) is 10.7. The second kappa shape index (κ2) is 8.17. The molecule has 4 nitrogen and oxygen atoms in total. The maximum atomic E-state index is 11.3. The van der Waals surface area contributed by atoms with Crippen LogP contribution >= 0.6 is 47.8 Å². The molecule has 1 atom stereocenters. The van der Waals surface area contributed by atoms with Gasteiger partial charge in [0.05, 0.1) is 11.1 Å². The molecule has 1 aromatic rings. The van der Waals surface area contributed by atoms with Crippen LogP contribution in [0.3, 0.4) is 0 Å². The molecule has 1 aromatic carbocycles. The second-order valence-electron chi connectivity index (χ2n) is 3.97. The highest BCUT2D eigenvalue weighted by Gasteiger charge is 2.16. The number of carbonyl (C=O) groups is 1. The Kier molecular flexibility index (Phi) is 7.22. The summed E-state index contributed by atoms with van der Waals surface area (Å²) in [7, 11) is 0. The topological polar surface area (TPSA) is 55.8 Å². The summed E-state index contributed by atoms with van der Waals surface area (Å²) in [6, 6.07) is 3.54. The predicted octanol–water partition coefficient (Wildman–Crippen LogP) is 3.83. The van der Waals surface area contributed by atoms with Gasteiger partial charge in [-0.1, -0.05) is 6.58 Å². The fraction of sp³-hybridized carbons (Fsp3) is 0.308. The zero-order valence-corrected chi connectivity index (χ0v) is 15.4. The molecule has 0 radical (unpaired) electrons. The van der Waals surface area contributed by atoms with Crippen LogP contribution in [0, 0.1) is 0 Å². The van der Waals surface area contributed by atoms with Crippen LogP contribution in [0.5, 0.6) is 5.75 Å². The lowest BCUT2D eigenvalue weighted by Crippen LogP contribution is -2.28. The molecule has 1 N–H and O–H groups in total. The van der Waals surface area contributed by atoms with Crippen molar-refractivity contribution in [2.24, 2.45) is 0 Å². The molecule has 0 heterocycles. The minimum Gasteiger partial charge on any atom is -0.483 e. The van der Waals surface area contributed by atoms with E-state index in [0.29, 0.717) is 15.8 Å². The average Bonchev–Trinajstić information content (AvgIpc) is 2.42. The van der Waals surface area contributed by atoms with Crippen molar-refractivity contribution in [3.05, 3.63) is 37.7 Å². The van der Waals surface area contributed by atoms with Crippen LogP contribution in [-0.4, -0.2) is 30.4 Å². The monoisotopic (exact) mass is 470 g/mol. The Morgan fingerprint density at radius 2 is 2.00 bits per heavy atom. The van der Waals surface area contributed by atoms with Gasteiger partial charge in [-0.25, -0.2) is 4.79 Å². The molecule has 0 aliphatic rings. The number of esters is 1. The van der Waals surface area contributed by atoms with E-state index in [1.54, 1.807) is 19.1 Å². The molecule has 0 fully saturated rings. The number of benzene rings is 1. The van der Waals surface area contributed by atoms with Gasteiger partial charge in [0.1, 0.15) is 12.4 Å². The summed E-state index contributed by atoms with van der Waals surface area (Å²) >= 11 is 10.1. The van der Waals surface area contributed by atoms with E-state index in [0.717, 1.165) is 8.95 Å².